The zero-order chi connectivity index (χ0) is 21.2. The maximum Gasteiger partial charge on any atom is 0.178 e. The first-order valence-corrected chi connectivity index (χ1v) is 11.7. The molecule has 3 aromatic rings. The van der Waals surface area contributed by atoms with Crippen molar-refractivity contribution in [1.82, 2.24) is 14.5 Å². The van der Waals surface area contributed by atoms with Crippen molar-refractivity contribution in [3.8, 4) is 0 Å². The van der Waals surface area contributed by atoms with E-state index in [1.807, 2.05) is 13.3 Å². The van der Waals surface area contributed by atoms with Crippen LogP contribution in [0.4, 0.5) is 4.39 Å². The smallest absolute Gasteiger partial charge is 0.178 e. The quantitative estimate of drug-likeness (QED) is 0.384. The van der Waals surface area contributed by atoms with Crippen molar-refractivity contribution in [2.75, 3.05) is 5.75 Å². The summed E-state index contributed by atoms with van der Waals surface area (Å²) in [5.74, 6) is -0.0576. The van der Waals surface area contributed by atoms with Crippen LogP contribution in [0.15, 0.2) is 35.5 Å². The molecule has 0 saturated heterocycles. The number of benzene rings is 1. The van der Waals surface area contributed by atoms with Gasteiger partial charge in [0, 0.05) is 12.2 Å². The number of unbranched alkanes of at least 4 members (excludes halogenated alkanes) is 2. The van der Waals surface area contributed by atoms with Gasteiger partial charge in [-0.3, -0.25) is 4.98 Å². The number of hydrogen-bond acceptors (Lipinski definition) is 4. The fraction of sp³-hybridized carbons (Fsp3) is 0.455. The first-order chi connectivity index (χ1) is 13.7. The number of rotatable bonds is 8. The fourth-order valence-electron chi connectivity index (χ4n) is 3.53. The molecule has 0 aliphatic heterocycles. The zero-order valence-electron chi connectivity index (χ0n) is 17.4. The Hall–Kier alpha value is -2.28. The van der Waals surface area contributed by atoms with E-state index in [-0.39, 0.29) is 10.6 Å². The highest BCUT2D eigenvalue weighted by Gasteiger charge is 2.17. The molecule has 5 nitrogen and oxygen atoms in total. The van der Waals surface area contributed by atoms with E-state index in [4.69, 9.17) is 4.98 Å². The van der Waals surface area contributed by atoms with Gasteiger partial charge in [-0.25, -0.2) is 17.8 Å². The third-order valence-corrected chi connectivity index (χ3v) is 7.11. The van der Waals surface area contributed by atoms with Gasteiger partial charge < -0.3 is 4.57 Å². The Kier molecular flexibility index (Phi) is 6.36. The van der Waals surface area contributed by atoms with E-state index in [2.05, 4.69) is 30.3 Å². The Bertz CT molecular complexity index is 1100. The van der Waals surface area contributed by atoms with E-state index in [0.717, 1.165) is 47.4 Å². The van der Waals surface area contributed by atoms with Crippen LogP contribution in [0.1, 0.15) is 56.0 Å². The van der Waals surface area contributed by atoms with Gasteiger partial charge in [0.05, 0.1) is 28.2 Å². The molecule has 0 saturated carbocycles. The second-order valence-electron chi connectivity index (χ2n) is 7.83. The molecule has 29 heavy (non-hydrogen) atoms. The molecule has 0 aliphatic rings. The Morgan fingerprint density at radius 1 is 1.07 bits per heavy atom. The summed E-state index contributed by atoms with van der Waals surface area (Å²) in [7, 11) is -3.37. The van der Waals surface area contributed by atoms with Gasteiger partial charge in [-0.15, -0.1) is 0 Å². The van der Waals surface area contributed by atoms with Gasteiger partial charge in [-0.1, -0.05) is 20.3 Å². The lowest BCUT2D eigenvalue weighted by Crippen LogP contribution is -2.07. The molecule has 0 spiro atoms. The third-order valence-electron chi connectivity index (χ3n) is 5.30. The Morgan fingerprint density at radius 3 is 2.41 bits per heavy atom. The highest BCUT2D eigenvalue weighted by molar-refractivity contribution is 7.91. The van der Waals surface area contributed by atoms with Crippen LogP contribution < -0.4 is 0 Å². The van der Waals surface area contributed by atoms with Crippen molar-refractivity contribution in [2.24, 2.45) is 0 Å². The molecule has 3 rings (SSSR count). The van der Waals surface area contributed by atoms with Crippen molar-refractivity contribution in [3.63, 3.8) is 0 Å². The minimum absolute atomic E-state index is 0.0723. The van der Waals surface area contributed by atoms with Crippen molar-refractivity contribution >= 4 is 20.9 Å². The minimum Gasteiger partial charge on any atom is -0.330 e. The summed E-state index contributed by atoms with van der Waals surface area (Å²) in [4.78, 5) is 9.50. The Balaban J connectivity index is 1.63. The van der Waals surface area contributed by atoms with Crippen LogP contribution in [-0.4, -0.2) is 28.7 Å². The van der Waals surface area contributed by atoms with E-state index < -0.39 is 15.7 Å². The van der Waals surface area contributed by atoms with Crippen molar-refractivity contribution in [2.45, 2.75) is 64.3 Å². The number of aromatic nitrogens is 3. The van der Waals surface area contributed by atoms with Crippen molar-refractivity contribution in [3.05, 3.63) is 53.4 Å². The monoisotopic (exact) mass is 417 g/mol. The molecule has 0 bridgehead atoms. The molecule has 156 valence electrons. The van der Waals surface area contributed by atoms with Crippen LogP contribution in [0.2, 0.25) is 0 Å². The zero-order valence-corrected chi connectivity index (χ0v) is 18.3. The summed E-state index contributed by atoms with van der Waals surface area (Å²) in [6.45, 7) is 9.13. The summed E-state index contributed by atoms with van der Waals surface area (Å²) in [5.41, 5.74) is 5.27. The van der Waals surface area contributed by atoms with Gasteiger partial charge in [-0.2, -0.15) is 0 Å². The molecule has 1 aromatic carbocycles. The van der Waals surface area contributed by atoms with Gasteiger partial charge in [0.15, 0.2) is 9.84 Å². The molecule has 0 amide bonds. The molecule has 7 heteroatoms. The summed E-state index contributed by atoms with van der Waals surface area (Å²) >= 11 is 0. The van der Waals surface area contributed by atoms with E-state index in [9.17, 15) is 12.8 Å². The summed E-state index contributed by atoms with van der Waals surface area (Å²) in [6.07, 6.45) is 4.09. The molecule has 0 fully saturated rings. The molecular weight excluding hydrogens is 389 g/mol. The van der Waals surface area contributed by atoms with Gasteiger partial charge >= 0.3 is 0 Å². The standard InChI is InChI=1S/C22H28FN3O2S/c1-15(2)20-21-22(16(3)17(4)25-20)26(14-24-21)12-6-5-7-13-29(27,28)19-10-8-18(23)9-11-19/h8-11,14-15H,5-7,12-13H2,1-4H3. The number of fused-ring (bicyclic) bond motifs is 1. The second-order valence-corrected chi connectivity index (χ2v) is 9.94. The average molecular weight is 418 g/mol. The highest BCUT2D eigenvalue weighted by atomic mass is 32.2. The topological polar surface area (TPSA) is 64.8 Å². The van der Waals surface area contributed by atoms with Crippen LogP contribution >= 0.6 is 0 Å². The van der Waals surface area contributed by atoms with Crippen LogP contribution in [0, 0.1) is 19.7 Å². The predicted molar refractivity (Wildman–Crippen MR) is 113 cm³/mol. The lowest BCUT2D eigenvalue weighted by molar-refractivity contribution is 0.580. The second kappa shape index (κ2) is 8.61. The number of aryl methyl sites for hydroxylation is 3. The first-order valence-electron chi connectivity index (χ1n) is 10.0. The Morgan fingerprint density at radius 2 is 1.76 bits per heavy atom. The minimum atomic E-state index is -3.37. The lowest BCUT2D eigenvalue weighted by atomic mass is 10.0. The van der Waals surface area contributed by atoms with Crippen LogP contribution in [0.25, 0.3) is 11.0 Å². The number of imidazole rings is 1. The molecule has 0 radical (unpaired) electrons. The number of nitrogens with zero attached hydrogens (tertiary/aromatic N) is 3. The van der Waals surface area contributed by atoms with Crippen LogP contribution in [0.3, 0.4) is 0 Å². The van der Waals surface area contributed by atoms with Gasteiger partial charge in [0.25, 0.3) is 0 Å². The Labute approximate surface area is 171 Å². The molecule has 0 aliphatic carbocycles. The first kappa shape index (κ1) is 21.4. The van der Waals surface area contributed by atoms with E-state index in [0.29, 0.717) is 12.3 Å². The van der Waals surface area contributed by atoms with Crippen molar-refractivity contribution in [1.29, 1.82) is 0 Å². The molecular formula is C22H28FN3O2S. The lowest BCUT2D eigenvalue weighted by Gasteiger charge is -2.12. The number of hydrogen-bond donors (Lipinski definition) is 0. The summed E-state index contributed by atoms with van der Waals surface area (Å²) in [6, 6.07) is 5.02. The van der Waals surface area contributed by atoms with Crippen LogP contribution in [0.5, 0.6) is 0 Å². The molecule has 2 heterocycles. The van der Waals surface area contributed by atoms with Gasteiger partial charge in [0.2, 0.25) is 0 Å². The number of pyridine rings is 1. The molecule has 0 N–H and O–H groups in total. The van der Waals surface area contributed by atoms with E-state index in [1.54, 1.807) is 0 Å². The van der Waals surface area contributed by atoms with Crippen LogP contribution in [-0.2, 0) is 16.4 Å². The van der Waals surface area contributed by atoms with Crippen molar-refractivity contribution < 1.29 is 12.8 Å². The fourth-order valence-corrected chi connectivity index (χ4v) is 4.91. The van der Waals surface area contributed by atoms with Gasteiger partial charge in [0.1, 0.15) is 11.3 Å². The third kappa shape index (κ3) is 4.66. The number of halogens is 1. The van der Waals surface area contributed by atoms with Gasteiger partial charge in [-0.05, 0) is 62.4 Å². The maximum atomic E-state index is 13.0. The molecule has 0 atom stereocenters. The number of sulfone groups is 1. The average Bonchev–Trinajstić information content (AvgIpc) is 3.08. The van der Waals surface area contributed by atoms with E-state index in [1.165, 1.54) is 24.3 Å². The molecule has 2 aromatic heterocycles. The highest BCUT2D eigenvalue weighted by Crippen LogP contribution is 2.27. The predicted octanol–water partition coefficient (Wildman–Crippen LogP) is 4.95. The normalized spacial score (nSPS) is 12.2. The maximum absolute atomic E-state index is 13.0. The van der Waals surface area contributed by atoms with E-state index >= 15 is 0 Å². The largest absolute Gasteiger partial charge is 0.330 e. The SMILES string of the molecule is Cc1nc(C(C)C)c2ncn(CCCCCS(=O)(=O)c3ccc(F)cc3)c2c1C. The summed E-state index contributed by atoms with van der Waals surface area (Å²) < 4.78 is 39.8. The summed E-state index contributed by atoms with van der Waals surface area (Å²) in [5, 5.41) is 0. The molecule has 0 unspecified atom stereocenters.